The maximum absolute atomic E-state index is 12.1. The largest absolute Gasteiger partial charge is 0.469 e. The fraction of sp³-hybridized carbons (Fsp3) is 0.389. The summed E-state index contributed by atoms with van der Waals surface area (Å²) in [6.07, 6.45) is 2.62. The van der Waals surface area contributed by atoms with Crippen LogP contribution in [0.2, 0.25) is 0 Å². The molecule has 0 saturated heterocycles. The molecule has 4 heteroatoms. The van der Waals surface area contributed by atoms with E-state index in [0.29, 0.717) is 23.2 Å². The number of carbonyl (C=O) groups excluding carboxylic acids is 1. The van der Waals surface area contributed by atoms with Crippen LogP contribution in [0, 0.1) is 12.8 Å². The van der Waals surface area contributed by atoms with Crippen molar-refractivity contribution in [2.45, 2.75) is 40.0 Å². The molecule has 1 aromatic carbocycles. The van der Waals surface area contributed by atoms with Crippen LogP contribution in [-0.4, -0.2) is 5.91 Å². The molecule has 0 aliphatic heterocycles. The minimum atomic E-state index is -0.197. The maximum Gasteiger partial charge on any atom is 0.273 e. The van der Waals surface area contributed by atoms with Crippen molar-refractivity contribution in [3.63, 3.8) is 0 Å². The Morgan fingerprint density at radius 2 is 1.91 bits per heavy atom. The van der Waals surface area contributed by atoms with Crippen LogP contribution in [0.3, 0.4) is 0 Å². The molecule has 0 bridgehead atoms. The summed E-state index contributed by atoms with van der Waals surface area (Å²) in [5.74, 6) is 1.47. The topological polar surface area (TPSA) is 54.3 Å². The van der Waals surface area contributed by atoms with Crippen LogP contribution in [-0.2, 0) is 0 Å². The van der Waals surface area contributed by atoms with Gasteiger partial charge in [0.2, 0.25) is 0 Å². The summed E-state index contributed by atoms with van der Waals surface area (Å²) < 4.78 is 5.15. The fourth-order valence-corrected chi connectivity index (χ4v) is 2.69. The second-order valence-corrected chi connectivity index (χ2v) is 6.09. The third-order valence-corrected chi connectivity index (χ3v) is 3.73. The fourth-order valence-electron chi connectivity index (χ4n) is 2.69. The molecule has 4 nitrogen and oxygen atoms in total. The van der Waals surface area contributed by atoms with Gasteiger partial charge in [-0.05, 0) is 42.9 Å². The van der Waals surface area contributed by atoms with E-state index in [1.54, 1.807) is 13.0 Å². The van der Waals surface area contributed by atoms with Crippen LogP contribution in [0.5, 0.6) is 0 Å². The molecule has 0 saturated carbocycles. The van der Waals surface area contributed by atoms with Crippen molar-refractivity contribution < 1.29 is 9.21 Å². The van der Waals surface area contributed by atoms with E-state index < -0.39 is 0 Å². The molecule has 1 aromatic heterocycles. The Morgan fingerprint density at radius 3 is 2.55 bits per heavy atom. The molecule has 0 spiro atoms. The van der Waals surface area contributed by atoms with E-state index in [4.69, 9.17) is 4.42 Å². The monoisotopic (exact) mass is 300 g/mol. The van der Waals surface area contributed by atoms with Gasteiger partial charge in [-0.3, -0.25) is 15.6 Å². The minimum absolute atomic E-state index is 0.197. The van der Waals surface area contributed by atoms with Crippen molar-refractivity contribution in [3.8, 4) is 0 Å². The first-order valence-electron chi connectivity index (χ1n) is 7.68. The standard InChI is InChI=1S/C18H24N2O2/c1-12(2)11-13(3)15-7-5-6-8-17(15)19-20-18(21)16-9-10-22-14(16)4/h5-10,12-13,19H,11H2,1-4H3,(H,20,21). The van der Waals surface area contributed by atoms with Crippen molar-refractivity contribution in [3.05, 3.63) is 53.5 Å². The summed E-state index contributed by atoms with van der Waals surface area (Å²) in [7, 11) is 0. The first-order chi connectivity index (χ1) is 10.5. The highest BCUT2D eigenvalue weighted by Gasteiger charge is 2.14. The molecule has 2 aromatic rings. The van der Waals surface area contributed by atoms with Crippen LogP contribution in [0.25, 0.3) is 0 Å². The van der Waals surface area contributed by atoms with Gasteiger partial charge in [-0.25, -0.2) is 0 Å². The highest BCUT2D eigenvalue weighted by atomic mass is 16.3. The summed E-state index contributed by atoms with van der Waals surface area (Å²) >= 11 is 0. The van der Waals surface area contributed by atoms with Crippen LogP contribution in [0.15, 0.2) is 41.0 Å². The summed E-state index contributed by atoms with van der Waals surface area (Å²) in [4.78, 5) is 12.1. The lowest BCUT2D eigenvalue weighted by Crippen LogP contribution is -2.30. The third-order valence-electron chi connectivity index (χ3n) is 3.73. The number of hydrogen-bond donors (Lipinski definition) is 2. The van der Waals surface area contributed by atoms with Gasteiger partial charge in [0.15, 0.2) is 0 Å². The second kappa shape index (κ2) is 7.16. The molecule has 0 radical (unpaired) electrons. The van der Waals surface area contributed by atoms with Crippen LogP contribution >= 0.6 is 0 Å². The molecule has 1 unspecified atom stereocenters. The quantitative estimate of drug-likeness (QED) is 0.773. The van der Waals surface area contributed by atoms with Gasteiger partial charge in [0.05, 0.1) is 17.5 Å². The molecule has 0 aliphatic rings. The zero-order valence-corrected chi connectivity index (χ0v) is 13.6. The van der Waals surface area contributed by atoms with Crippen molar-refractivity contribution in [1.29, 1.82) is 0 Å². The smallest absolute Gasteiger partial charge is 0.273 e. The molecule has 1 amide bonds. The number of para-hydroxylation sites is 1. The van der Waals surface area contributed by atoms with Gasteiger partial charge in [0, 0.05) is 0 Å². The lowest BCUT2D eigenvalue weighted by Gasteiger charge is -2.19. The highest BCUT2D eigenvalue weighted by molar-refractivity contribution is 5.95. The van der Waals surface area contributed by atoms with E-state index >= 15 is 0 Å². The second-order valence-electron chi connectivity index (χ2n) is 6.09. The molecule has 118 valence electrons. The van der Waals surface area contributed by atoms with Gasteiger partial charge in [-0.2, -0.15) is 0 Å². The van der Waals surface area contributed by atoms with E-state index in [1.807, 2.05) is 18.2 Å². The molecule has 2 N–H and O–H groups in total. The van der Waals surface area contributed by atoms with Crippen LogP contribution in [0.4, 0.5) is 5.69 Å². The summed E-state index contributed by atoms with van der Waals surface area (Å²) in [6, 6.07) is 9.74. The highest BCUT2D eigenvalue weighted by Crippen LogP contribution is 2.28. The number of hydrogen-bond acceptors (Lipinski definition) is 3. The third kappa shape index (κ3) is 3.91. The number of hydrazine groups is 1. The van der Waals surface area contributed by atoms with Gasteiger partial charge in [-0.1, -0.05) is 39.0 Å². The van der Waals surface area contributed by atoms with Gasteiger partial charge in [0.1, 0.15) is 5.76 Å². The number of aryl methyl sites for hydroxylation is 1. The predicted molar refractivity (Wildman–Crippen MR) is 88.8 cm³/mol. The average molecular weight is 300 g/mol. The number of furan rings is 1. The molecule has 0 fully saturated rings. The van der Waals surface area contributed by atoms with Gasteiger partial charge in [-0.15, -0.1) is 0 Å². The maximum atomic E-state index is 12.1. The van der Waals surface area contributed by atoms with Crippen LogP contribution < -0.4 is 10.9 Å². The lowest BCUT2D eigenvalue weighted by atomic mass is 9.91. The first kappa shape index (κ1) is 16.1. The average Bonchev–Trinajstić information content (AvgIpc) is 2.90. The Balaban J connectivity index is 2.07. The Bertz CT molecular complexity index is 632. The number of nitrogens with one attached hydrogen (secondary N) is 2. The molecular weight excluding hydrogens is 276 g/mol. The molecule has 2 rings (SSSR count). The number of anilines is 1. The Hall–Kier alpha value is -2.23. The number of carbonyl (C=O) groups is 1. The molecule has 0 aliphatic carbocycles. The van der Waals surface area contributed by atoms with Crippen molar-refractivity contribution in [1.82, 2.24) is 5.43 Å². The number of amides is 1. The van der Waals surface area contributed by atoms with E-state index in [-0.39, 0.29) is 5.91 Å². The number of rotatable bonds is 6. The zero-order valence-electron chi connectivity index (χ0n) is 13.6. The number of benzene rings is 1. The Kier molecular flexibility index (Phi) is 5.26. The SMILES string of the molecule is Cc1occc1C(=O)NNc1ccccc1C(C)CC(C)C. The van der Waals surface area contributed by atoms with Gasteiger partial charge < -0.3 is 4.42 Å². The molecular formula is C18H24N2O2. The summed E-state index contributed by atoms with van der Waals surface area (Å²) in [5.41, 5.74) is 8.47. The van der Waals surface area contributed by atoms with E-state index in [0.717, 1.165) is 12.1 Å². The Labute approximate surface area is 131 Å². The normalized spacial score (nSPS) is 12.2. The Morgan fingerprint density at radius 1 is 1.18 bits per heavy atom. The van der Waals surface area contributed by atoms with Gasteiger partial charge >= 0.3 is 0 Å². The molecule has 1 atom stereocenters. The lowest BCUT2D eigenvalue weighted by molar-refractivity contribution is 0.0961. The van der Waals surface area contributed by atoms with Crippen molar-refractivity contribution >= 4 is 11.6 Å². The minimum Gasteiger partial charge on any atom is -0.469 e. The van der Waals surface area contributed by atoms with E-state index in [9.17, 15) is 4.79 Å². The van der Waals surface area contributed by atoms with E-state index in [1.165, 1.54) is 11.8 Å². The van der Waals surface area contributed by atoms with Crippen molar-refractivity contribution in [2.75, 3.05) is 5.43 Å². The van der Waals surface area contributed by atoms with Crippen LogP contribution in [0.1, 0.15) is 54.8 Å². The zero-order chi connectivity index (χ0) is 16.1. The first-order valence-corrected chi connectivity index (χ1v) is 7.68. The van der Waals surface area contributed by atoms with Gasteiger partial charge in [0.25, 0.3) is 5.91 Å². The summed E-state index contributed by atoms with van der Waals surface area (Å²) in [5, 5.41) is 0. The molecule has 22 heavy (non-hydrogen) atoms. The summed E-state index contributed by atoms with van der Waals surface area (Å²) in [6.45, 7) is 8.42. The van der Waals surface area contributed by atoms with E-state index in [2.05, 4.69) is 37.7 Å². The predicted octanol–water partition coefficient (Wildman–Crippen LogP) is 4.49. The molecule has 1 heterocycles. The van der Waals surface area contributed by atoms with Crippen molar-refractivity contribution in [2.24, 2.45) is 5.92 Å².